The summed E-state index contributed by atoms with van der Waals surface area (Å²) >= 11 is 1.57. The summed E-state index contributed by atoms with van der Waals surface area (Å²) in [6, 6.07) is -0.151. The molecule has 1 N–H and O–H groups in total. The highest BCUT2D eigenvalue weighted by Gasteiger charge is 2.39. The number of alkyl halides is 2. The topological polar surface area (TPSA) is 89.3 Å². The lowest BCUT2D eigenvalue weighted by atomic mass is 9.73. The van der Waals surface area contributed by atoms with Gasteiger partial charge in [0.2, 0.25) is 5.92 Å². The van der Waals surface area contributed by atoms with E-state index in [0.717, 1.165) is 22.9 Å². The highest BCUT2D eigenvalue weighted by molar-refractivity contribution is 7.11. The van der Waals surface area contributed by atoms with Crippen LogP contribution in [0.25, 0.3) is 11.0 Å². The summed E-state index contributed by atoms with van der Waals surface area (Å²) in [4.78, 5) is 20.2. The average molecular weight is 406 g/mol. The summed E-state index contributed by atoms with van der Waals surface area (Å²) in [5, 5.41) is 15.0. The Bertz CT molecular complexity index is 1080. The highest BCUT2D eigenvalue weighted by Crippen LogP contribution is 2.48. The number of fused-ring (bicyclic) bond motifs is 1. The number of aromatic nitrogens is 6. The van der Waals surface area contributed by atoms with Crippen molar-refractivity contribution in [2.75, 3.05) is 0 Å². The first-order chi connectivity index (χ1) is 13.4. The maximum Gasteiger partial charge on any atom is 0.262 e. The quantitative estimate of drug-likeness (QED) is 0.717. The van der Waals surface area contributed by atoms with E-state index in [1.54, 1.807) is 16.0 Å². The maximum atomic E-state index is 13.5. The van der Waals surface area contributed by atoms with Gasteiger partial charge in [-0.3, -0.25) is 4.79 Å². The molecule has 0 saturated heterocycles. The molecule has 0 radical (unpaired) electrons. The lowest BCUT2D eigenvalue weighted by Gasteiger charge is -2.34. The van der Waals surface area contributed by atoms with Gasteiger partial charge in [0.1, 0.15) is 21.2 Å². The van der Waals surface area contributed by atoms with E-state index >= 15 is 0 Å². The van der Waals surface area contributed by atoms with E-state index in [1.807, 2.05) is 6.92 Å². The van der Waals surface area contributed by atoms with Crippen molar-refractivity contribution in [2.45, 2.75) is 69.2 Å². The van der Waals surface area contributed by atoms with E-state index in [9.17, 15) is 13.6 Å². The molecular formula is C18H20F2N6OS. The molecule has 10 heteroatoms. The van der Waals surface area contributed by atoms with Gasteiger partial charge in [0.05, 0.1) is 12.2 Å². The summed E-state index contributed by atoms with van der Waals surface area (Å²) in [5.74, 6) is -1.68. The van der Waals surface area contributed by atoms with Crippen LogP contribution in [0.3, 0.4) is 0 Å². The molecule has 3 aromatic rings. The Kier molecular flexibility index (Phi) is 4.08. The van der Waals surface area contributed by atoms with Crippen LogP contribution in [0, 0.1) is 6.92 Å². The molecule has 0 spiro atoms. The van der Waals surface area contributed by atoms with E-state index in [0.29, 0.717) is 29.7 Å². The molecule has 3 aromatic heterocycles. The SMILES string of the molecule is Cc1nnc([C@@H]2CC[C@@H]2c2nc3c(cnn3C3CCC(F)(F)CC3)c(=O)[nH]2)s1. The fourth-order valence-corrected chi connectivity index (χ4v) is 5.15. The van der Waals surface area contributed by atoms with Crippen LogP contribution < -0.4 is 5.56 Å². The fraction of sp³-hybridized carbons (Fsp3) is 0.611. The van der Waals surface area contributed by atoms with Crippen LogP contribution in [0.5, 0.6) is 0 Å². The normalized spacial score (nSPS) is 25.1. The van der Waals surface area contributed by atoms with Gasteiger partial charge in [0.25, 0.3) is 5.56 Å². The lowest BCUT2D eigenvalue weighted by Crippen LogP contribution is -2.28. The molecule has 3 heterocycles. The van der Waals surface area contributed by atoms with Crippen LogP contribution in [-0.2, 0) is 0 Å². The third-order valence-electron chi connectivity index (χ3n) is 6.00. The maximum absolute atomic E-state index is 13.5. The molecule has 7 nitrogen and oxygen atoms in total. The molecule has 0 bridgehead atoms. The molecule has 2 atom stereocenters. The number of rotatable bonds is 3. The van der Waals surface area contributed by atoms with Crippen LogP contribution in [0.4, 0.5) is 8.78 Å². The Morgan fingerprint density at radius 2 is 1.93 bits per heavy atom. The predicted molar refractivity (Wildman–Crippen MR) is 100.0 cm³/mol. The summed E-state index contributed by atoms with van der Waals surface area (Å²) in [6.45, 7) is 1.92. The van der Waals surface area contributed by atoms with Crippen LogP contribution >= 0.6 is 11.3 Å². The predicted octanol–water partition coefficient (Wildman–Crippen LogP) is 3.69. The Labute approximate surface area is 163 Å². The zero-order valence-corrected chi connectivity index (χ0v) is 16.2. The van der Waals surface area contributed by atoms with Crippen molar-refractivity contribution in [3.8, 4) is 0 Å². The number of aromatic amines is 1. The molecule has 0 unspecified atom stereocenters. The number of hydrogen-bond acceptors (Lipinski definition) is 6. The second-order valence-corrected chi connectivity index (χ2v) is 9.03. The second kappa shape index (κ2) is 6.40. The van der Waals surface area contributed by atoms with Crippen LogP contribution in [0.1, 0.15) is 72.2 Å². The molecular weight excluding hydrogens is 386 g/mol. The van der Waals surface area contributed by atoms with E-state index < -0.39 is 5.92 Å². The molecule has 2 saturated carbocycles. The zero-order chi connectivity index (χ0) is 19.5. The van der Waals surface area contributed by atoms with Crippen molar-refractivity contribution < 1.29 is 8.78 Å². The minimum absolute atomic E-state index is 0.0866. The molecule has 2 aliphatic carbocycles. The van der Waals surface area contributed by atoms with Gasteiger partial charge < -0.3 is 4.98 Å². The Morgan fingerprint density at radius 1 is 1.18 bits per heavy atom. The van der Waals surface area contributed by atoms with Crippen LogP contribution in [-0.4, -0.2) is 35.9 Å². The third kappa shape index (κ3) is 2.94. The monoisotopic (exact) mass is 406 g/mol. The lowest BCUT2D eigenvalue weighted by molar-refractivity contribution is -0.0446. The van der Waals surface area contributed by atoms with Crippen LogP contribution in [0.15, 0.2) is 11.0 Å². The van der Waals surface area contributed by atoms with Crippen molar-refractivity contribution in [1.29, 1.82) is 0 Å². The molecule has 2 aliphatic rings. The van der Waals surface area contributed by atoms with E-state index in [4.69, 9.17) is 4.98 Å². The van der Waals surface area contributed by atoms with Crippen molar-refractivity contribution in [3.63, 3.8) is 0 Å². The molecule has 0 amide bonds. The van der Waals surface area contributed by atoms with Gasteiger partial charge in [-0.15, -0.1) is 21.5 Å². The first-order valence-electron chi connectivity index (χ1n) is 9.56. The number of nitrogens with zero attached hydrogens (tertiary/aromatic N) is 5. The first-order valence-corrected chi connectivity index (χ1v) is 10.4. The average Bonchev–Trinajstić information content (AvgIpc) is 3.21. The number of nitrogens with one attached hydrogen (secondary N) is 1. The Balaban J connectivity index is 1.49. The van der Waals surface area contributed by atoms with Gasteiger partial charge in [-0.2, -0.15) is 5.10 Å². The summed E-state index contributed by atoms with van der Waals surface area (Å²) in [6.07, 6.45) is 3.75. The van der Waals surface area contributed by atoms with Crippen molar-refractivity contribution in [2.24, 2.45) is 0 Å². The van der Waals surface area contributed by atoms with Gasteiger partial charge in [-0.25, -0.2) is 18.4 Å². The standard InChI is InChI=1S/C18H20F2N6OS/c1-9-24-25-17(28-9)12-3-2-11(12)14-22-15-13(16(27)23-14)8-21-26(15)10-4-6-18(19,20)7-5-10/h8,10-12H,2-7H2,1H3,(H,22,23,27)/t11-,12+/m0/s1. The third-order valence-corrected chi connectivity index (χ3v) is 6.97. The summed E-state index contributed by atoms with van der Waals surface area (Å²) in [7, 11) is 0. The van der Waals surface area contributed by atoms with E-state index in [1.165, 1.54) is 6.20 Å². The van der Waals surface area contributed by atoms with Gasteiger partial charge >= 0.3 is 0 Å². The molecule has 148 valence electrons. The van der Waals surface area contributed by atoms with E-state index in [-0.39, 0.29) is 36.3 Å². The molecule has 0 aromatic carbocycles. The minimum atomic E-state index is -2.60. The van der Waals surface area contributed by atoms with E-state index in [2.05, 4.69) is 20.3 Å². The second-order valence-electron chi connectivity index (χ2n) is 7.81. The van der Waals surface area contributed by atoms with Gasteiger partial charge in [0.15, 0.2) is 5.65 Å². The van der Waals surface area contributed by atoms with Crippen molar-refractivity contribution in [3.05, 3.63) is 32.4 Å². The first kappa shape index (κ1) is 17.8. The summed E-state index contributed by atoms with van der Waals surface area (Å²) < 4.78 is 28.7. The van der Waals surface area contributed by atoms with Gasteiger partial charge in [0, 0.05) is 24.7 Å². The molecule has 28 heavy (non-hydrogen) atoms. The summed E-state index contributed by atoms with van der Waals surface area (Å²) in [5.41, 5.74) is 0.263. The number of hydrogen-bond donors (Lipinski definition) is 1. The smallest absolute Gasteiger partial charge is 0.262 e. The number of H-pyrrole nitrogens is 1. The highest BCUT2D eigenvalue weighted by atomic mass is 32.1. The molecule has 0 aliphatic heterocycles. The molecule has 5 rings (SSSR count). The van der Waals surface area contributed by atoms with Crippen LogP contribution in [0.2, 0.25) is 0 Å². The van der Waals surface area contributed by atoms with Crippen molar-refractivity contribution >= 4 is 22.4 Å². The number of halogens is 2. The van der Waals surface area contributed by atoms with Gasteiger partial charge in [-0.1, -0.05) is 0 Å². The van der Waals surface area contributed by atoms with Crippen molar-refractivity contribution in [1.82, 2.24) is 29.9 Å². The Morgan fingerprint density at radius 3 is 2.57 bits per heavy atom. The minimum Gasteiger partial charge on any atom is -0.310 e. The fourth-order valence-electron chi connectivity index (χ4n) is 4.25. The number of aryl methyl sites for hydroxylation is 1. The zero-order valence-electron chi connectivity index (χ0n) is 15.4. The molecule has 2 fully saturated rings. The Hall–Kier alpha value is -2.23. The largest absolute Gasteiger partial charge is 0.310 e. The van der Waals surface area contributed by atoms with Gasteiger partial charge in [-0.05, 0) is 32.6 Å².